The van der Waals surface area contributed by atoms with Gasteiger partial charge in [0.15, 0.2) is 5.96 Å². The summed E-state index contributed by atoms with van der Waals surface area (Å²) in [5.41, 5.74) is 5.00. The van der Waals surface area contributed by atoms with Gasteiger partial charge in [-0.25, -0.2) is 0 Å². The summed E-state index contributed by atoms with van der Waals surface area (Å²) in [5, 5.41) is 36.4. The average Bonchev–Trinajstić information content (AvgIpc) is 3.04. The van der Waals surface area contributed by atoms with Gasteiger partial charge in [-0.1, -0.05) is 19.0 Å². The van der Waals surface area contributed by atoms with Gasteiger partial charge in [0, 0.05) is 19.2 Å². The van der Waals surface area contributed by atoms with E-state index in [1.165, 1.54) is 12.8 Å². The molecule has 33 heavy (non-hydrogen) atoms. The number of nitrogens with zero attached hydrogens (tertiary/aromatic N) is 1. The molecule has 0 bridgehead atoms. The molecule has 188 valence electrons. The Kier molecular flexibility index (Phi) is 7.30. The van der Waals surface area contributed by atoms with Gasteiger partial charge in [0.25, 0.3) is 0 Å². The molecule has 3 unspecified atom stereocenters. The van der Waals surface area contributed by atoms with Crippen molar-refractivity contribution in [3.63, 3.8) is 0 Å². The molecule has 4 aliphatic carbocycles. The summed E-state index contributed by atoms with van der Waals surface area (Å²) in [6.45, 7) is 5.98. The van der Waals surface area contributed by atoms with Crippen LogP contribution in [0.25, 0.3) is 0 Å². The maximum absolute atomic E-state index is 12.2. The molecular weight excluding hydrogens is 416 g/mol. The first-order chi connectivity index (χ1) is 15.7. The molecule has 4 aliphatic rings. The Bertz CT molecular complexity index is 732. The number of nitrogens with one attached hydrogen (secondary N) is 2. The molecule has 4 saturated carbocycles. The fourth-order valence-corrected chi connectivity index (χ4v) is 8.57. The minimum Gasteiger partial charge on any atom is -0.396 e. The lowest BCUT2D eigenvalue weighted by Crippen LogP contribution is -2.62. The van der Waals surface area contributed by atoms with E-state index in [9.17, 15) is 10.2 Å². The van der Waals surface area contributed by atoms with Crippen molar-refractivity contribution in [1.29, 1.82) is 5.41 Å². The lowest BCUT2D eigenvalue weighted by atomic mass is 9.43. The third-order valence-electron chi connectivity index (χ3n) is 10.5. The molecule has 0 radical (unpaired) electrons. The summed E-state index contributed by atoms with van der Waals surface area (Å²) in [7, 11) is 0. The number of nitrogens with two attached hydrogens (primary N) is 1. The molecule has 7 heteroatoms. The number of hydrogen-bond donors (Lipinski definition) is 5. The molecular formula is C26H46N4O3. The van der Waals surface area contributed by atoms with Crippen LogP contribution in [0.1, 0.15) is 90.9 Å². The number of oxime groups is 1. The molecule has 0 spiro atoms. The molecule has 0 amide bonds. The Hall–Kier alpha value is -1.34. The molecule has 0 heterocycles. The van der Waals surface area contributed by atoms with Crippen LogP contribution in [0.15, 0.2) is 5.16 Å². The number of hydrogen-bond acceptors (Lipinski definition) is 5. The fourth-order valence-electron chi connectivity index (χ4n) is 8.57. The number of aliphatic hydroxyl groups is 2. The summed E-state index contributed by atoms with van der Waals surface area (Å²) >= 11 is 0. The van der Waals surface area contributed by atoms with Crippen molar-refractivity contribution < 1.29 is 15.1 Å². The van der Waals surface area contributed by atoms with Crippen molar-refractivity contribution >= 4 is 12.2 Å². The highest BCUT2D eigenvalue weighted by molar-refractivity contribution is 5.74. The van der Waals surface area contributed by atoms with E-state index in [0.29, 0.717) is 42.2 Å². The quantitative estimate of drug-likeness (QED) is 0.163. The van der Waals surface area contributed by atoms with Gasteiger partial charge >= 0.3 is 0 Å². The average molecular weight is 463 g/mol. The SMILES string of the molecule is C[C@]12CCC(O)CC1CC[C@@H]1[C@H]2CC[C@]2(C)C(CC/C=N/OCCCNC(=N)N)CC[C@@]12O. The Morgan fingerprint density at radius 3 is 2.76 bits per heavy atom. The normalized spacial score (nSPS) is 44.7. The summed E-state index contributed by atoms with van der Waals surface area (Å²) in [4.78, 5) is 5.32. The van der Waals surface area contributed by atoms with E-state index < -0.39 is 5.60 Å². The fraction of sp³-hybridized carbons (Fsp3) is 0.923. The molecule has 0 aromatic carbocycles. The van der Waals surface area contributed by atoms with Crippen molar-refractivity contribution in [2.75, 3.05) is 13.2 Å². The highest BCUT2D eigenvalue weighted by atomic mass is 16.6. The van der Waals surface area contributed by atoms with Crippen LogP contribution in [0.2, 0.25) is 0 Å². The number of rotatable bonds is 8. The maximum Gasteiger partial charge on any atom is 0.185 e. The van der Waals surface area contributed by atoms with E-state index in [1.54, 1.807) is 0 Å². The predicted octanol–water partition coefficient (Wildman–Crippen LogP) is 3.78. The highest BCUT2D eigenvalue weighted by Crippen LogP contribution is 2.69. The first-order valence-electron chi connectivity index (χ1n) is 13.3. The summed E-state index contributed by atoms with van der Waals surface area (Å²) in [6.07, 6.45) is 14.2. The second-order valence-corrected chi connectivity index (χ2v) is 11.9. The molecule has 0 saturated heterocycles. The van der Waals surface area contributed by atoms with Crippen molar-refractivity contribution in [2.45, 2.75) is 103 Å². The van der Waals surface area contributed by atoms with Gasteiger partial charge in [0.2, 0.25) is 0 Å². The Balaban J connectivity index is 1.31. The molecule has 8 atom stereocenters. The molecule has 0 aromatic rings. The van der Waals surface area contributed by atoms with Crippen LogP contribution in [0.5, 0.6) is 0 Å². The molecule has 6 N–H and O–H groups in total. The van der Waals surface area contributed by atoms with E-state index in [2.05, 4.69) is 24.3 Å². The summed E-state index contributed by atoms with van der Waals surface area (Å²) in [6, 6.07) is 0. The van der Waals surface area contributed by atoms with Gasteiger partial charge in [-0.3, -0.25) is 5.41 Å². The second-order valence-electron chi connectivity index (χ2n) is 11.9. The molecule has 7 nitrogen and oxygen atoms in total. The van der Waals surface area contributed by atoms with E-state index >= 15 is 0 Å². The van der Waals surface area contributed by atoms with Crippen molar-refractivity contribution in [3.05, 3.63) is 0 Å². The van der Waals surface area contributed by atoms with Crippen LogP contribution in [-0.2, 0) is 4.84 Å². The number of aliphatic hydroxyl groups excluding tert-OH is 1. The summed E-state index contributed by atoms with van der Waals surface area (Å²) < 4.78 is 0. The van der Waals surface area contributed by atoms with Gasteiger partial charge in [-0.15, -0.1) is 0 Å². The van der Waals surface area contributed by atoms with Crippen molar-refractivity contribution in [1.82, 2.24) is 5.32 Å². The largest absolute Gasteiger partial charge is 0.396 e. The molecule has 0 aromatic heterocycles. The molecule has 4 rings (SSSR count). The zero-order valence-electron chi connectivity index (χ0n) is 20.7. The Morgan fingerprint density at radius 2 is 1.97 bits per heavy atom. The minimum absolute atomic E-state index is 0.00139. The van der Waals surface area contributed by atoms with Crippen LogP contribution in [0.4, 0.5) is 0 Å². The highest BCUT2D eigenvalue weighted by Gasteiger charge is 2.66. The lowest BCUT2D eigenvalue weighted by molar-refractivity contribution is -0.210. The number of fused-ring (bicyclic) bond motifs is 5. The van der Waals surface area contributed by atoms with Crippen LogP contribution in [0.3, 0.4) is 0 Å². The van der Waals surface area contributed by atoms with E-state index in [4.69, 9.17) is 16.0 Å². The van der Waals surface area contributed by atoms with E-state index in [0.717, 1.165) is 64.2 Å². The third kappa shape index (κ3) is 4.52. The van der Waals surface area contributed by atoms with Gasteiger partial charge in [0.1, 0.15) is 6.61 Å². The van der Waals surface area contributed by atoms with Crippen molar-refractivity contribution in [2.24, 2.45) is 45.4 Å². The topological polar surface area (TPSA) is 124 Å². The van der Waals surface area contributed by atoms with Crippen LogP contribution < -0.4 is 11.1 Å². The third-order valence-corrected chi connectivity index (χ3v) is 10.5. The second kappa shape index (κ2) is 9.73. The van der Waals surface area contributed by atoms with E-state index in [-0.39, 0.29) is 17.5 Å². The van der Waals surface area contributed by atoms with E-state index in [1.807, 2.05) is 6.21 Å². The first-order valence-corrected chi connectivity index (χ1v) is 13.3. The Labute approximate surface area is 199 Å². The van der Waals surface area contributed by atoms with Gasteiger partial charge < -0.3 is 26.1 Å². The number of guanidine groups is 1. The first kappa shape index (κ1) is 24.8. The van der Waals surface area contributed by atoms with Gasteiger partial charge in [-0.05, 0) is 105 Å². The van der Waals surface area contributed by atoms with Crippen LogP contribution in [0, 0.1) is 39.9 Å². The monoisotopic (exact) mass is 462 g/mol. The minimum atomic E-state index is -0.540. The zero-order valence-corrected chi connectivity index (χ0v) is 20.7. The molecule has 0 aliphatic heterocycles. The van der Waals surface area contributed by atoms with Gasteiger partial charge in [-0.2, -0.15) is 0 Å². The summed E-state index contributed by atoms with van der Waals surface area (Å²) in [5.74, 6) is 2.17. The zero-order chi connectivity index (χ0) is 23.7. The lowest BCUT2D eigenvalue weighted by Gasteiger charge is -2.63. The predicted molar refractivity (Wildman–Crippen MR) is 131 cm³/mol. The van der Waals surface area contributed by atoms with Gasteiger partial charge in [0.05, 0.1) is 11.7 Å². The van der Waals surface area contributed by atoms with Crippen LogP contribution in [-0.4, -0.2) is 47.2 Å². The maximum atomic E-state index is 12.2. The standard InChI is InChI=1S/C26H46N4O3/c1-24-11-9-20(31)17-19(24)6-7-22-21(24)10-12-25(2)18(8-13-26(22,25)32)5-3-15-30-33-16-4-14-29-23(27)28/h15,18-22,31-32H,3-14,16-17H2,1-2H3,(H4,27,28,29)/b30-15+/t18?,19?,20?,21-,22-,24+,25-,26-/m1/s1. The van der Waals surface area contributed by atoms with Crippen LogP contribution >= 0.6 is 0 Å². The smallest absolute Gasteiger partial charge is 0.185 e. The van der Waals surface area contributed by atoms with Crippen molar-refractivity contribution in [3.8, 4) is 0 Å². The Morgan fingerprint density at radius 1 is 1.15 bits per heavy atom. The molecule has 4 fully saturated rings.